The molecule has 0 fully saturated rings. The van der Waals surface area contributed by atoms with Crippen molar-refractivity contribution in [2.24, 2.45) is 0 Å². The first-order chi connectivity index (χ1) is 11.0. The molecule has 3 nitrogen and oxygen atoms in total. The van der Waals surface area contributed by atoms with Crippen molar-refractivity contribution in [1.29, 1.82) is 0 Å². The predicted octanol–water partition coefficient (Wildman–Crippen LogP) is 4.33. The molecule has 0 N–H and O–H groups in total. The Morgan fingerprint density at radius 1 is 0.957 bits per heavy atom. The highest BCUT2D eigenvalue weighted by Crippen LogP contribution is 2.31. The Hall–Kier alpha value is -2.68. The van der Waals surface area contributed by atoms with E-state index in [1.54, 1.807) is 6.92 Å². The molecule has 2 aromatic carbocycles. The number of hydrogen-bond acceptors (Lipinski definition) is 2. The van der Waals surface area contributed by atoms with Crippen molar-refractivity contribution in [3.63, 3.8) is 0 Å². The lowest BCUT2D eigenvalue weighted by Gasteiger charge is -2.14. The van der Waals surface area contributed by atoms with Gasteiger partial charge in [0, 0.05) is 22.2 Å². The number of fused-ring (bicyclic) bond motifs is 1. The Kier molecular flexibility index (Phi) is 3.87. The van der Waals surface area contributed by atoms with Gasteiger partial charge in [0.05, 0.1) is 11.6 Å². The van der Waals surface area contributed by atoms with E-state index in [9.17, 15) is 9.59 Å². The van der Waals surface area contributed by atoms with Crippen LogP contribution in [0.25, 0.3) is 10.9 Å². The number of para-hydroxylation sites is 1. The van der Waals surface area contributed by atoms with Gasteiger partial charge in [-0.3, -0.25) is 9.59 Å². The third kappa shape index (κ3) is 2.48. The van der Waals surface area contributed by atoms with Crippen molar-refractivity contribution >= 4 is 22.5 Å². The lowest BCUT2D eigenvalue weighted by molar-refractivity contribution is -0.119. The molecule has 0 amide bonds. The fourth-order valence-electron chi connectivity index (χ4n) is 3.09. The van der Waals surface area contributed by atoms with E-state index < -0.39 is 0 Å². The van der Waals surface area contributed by atoms with E-state index in [4.69, 9.17) is 0 Å². The van der Waals surface area contributed by atoms with Crippen molar-refractivity contribution in [2.45, 2.75) is 26.8 Å². The van der Waals surface area contributed by atoms with Crippen LogP contribution in [0.15, 0.2) is 54.6 Å². The summed E-state index contributed by atoms with van der Waals surface area (Å²) in [5, 5.41) is 0.895. The maximum atomic E-state index is 13.0. The molecule has 116 valence electrons. The van der Waals surface area contributed by atoms with Crippen LogP contribution in [0.2, 0.25) is 0 Å². The van der Waals surface area contributed by atoms with Crippen LogP contribution in [-0.2, 0) is 4.79 Å². The number of rotatable bonds is 4. The molecule has 1 aromatic heterocycles. The van der Waals surface area contributed by atoms with Gasteiger partial charge in [0.2, 0.25) is 0 Å². The molecule has 0 aliphatic heterocycles. The molecular formula is C20H19NO2. The van der Waals surface area contributed by atoms with Crippen LogP contribution in [-0.4, -0.2) is 16.1 Å². The number of carbonyl (C=O) groups excluding carboxylic acids is 2. The Balaban J connectivity index is 2.28. The molecule has 0 saturated carbocycles. The Bertz CT molecular complexity index is 891. The molecule has 0 aliphatic carbocycles. The summed E-state index contributed by atoms with van der Waals surface area (Å²) < 4.78 is 1.97. The quantitative estimate of drug-likeness (QED) is 0.673. The molecule has 3 heteroatoms. The van der Waals surface area contributed by atoms with E-state index in [2.05, 4.69) is 0 Å². The van der Waals surface area contributed by atoms with Gasteiger partial charge in [-0.2, -0.15) is 0 Å². The van der Waals surface area contributed by atoms with Crippen LogP contribution in [0.3, 0.4) is 0 Å². The van der Waals surface area contributed by atoms with Crippen LogP contribution in [0.5, 0.6) is 0 Å². The smallest absolute Gasteiger partial charge is 0.195 e. The number of benzene rings is 2. The third-order valence-corrected chi connectivity index (χ3v) is 4.39. The lowest BCUT2D eigenvalue weighted by atomic mass is 10.0. The number of Topliss-reactive ketones (excluding diaryl/α,β-unsaturated/α-hetero) is 1. The molecule has 0 radical (unpaired) electrons. The number of carbonyl (C=O) groups is 2. The van der Waals surface area contributed by atoms with E-state index in [1.165, 1.54) is 0 Å². The number of ketones is 2. The zero-order valence-electron chi connectivity index (χ0n) is 13.5. The highest BCUT2D eigenvalue weighted by molar-refractivity contribution is 6.17. The molecule has 0 spiro atoms. The third-order valence-electron chi connectivity index (χ3n) is 4.39. The SMILES string of the molecule is CC(=O)C(C)n1c(C)c(C(=O)c2ccccc2)c2ccccc21. The highest BCUT2D eigenvalue weighted by atomic mass is 16.1. The van der Waals surface area contributed by atoms with Crippen LogP contribution < -0.4 is 0 Å². The van der Waals surface area contributed by atoms with E-state index >= 15 is 0 Å². The maximum absolute atomic E-state index is 13.0. The summed E-state index contributed by atoms with van der Waals surface area (Å²) in [6, 6.07) is 16.7. The van der Waals surface area contributed by atoms with Gasteiger partial charge in [-0.05, 0) is 26.8 Å². The van der Waals surface area contributed by atoms with Crippen molar-refractivity contribution in [3.8, 4) is 0 Å². The standard InChI is InChI=1S/C20H19NO2/c1-13(15(3)22)21-14(2)19(17-11-7-8-12-18(17)21)20(23)16-9-5-4-6-10-16/h4-13H,1-3H3. The Morgan fingerprint density at radius 2 is 1.57 bits per heavy atom. The average Bonchev–Trinajstić information content (AvgIpc) is 2.86. The summed E-state index contributed by atoms with van der Waals surface area (Å²) in [5.74, 6) is 0.0707. The molecule has 1 atom stereocenters. The topological polar surface area (TPSA) is 39.1 Å². The molecule has 0 bridgehead atoms. The largest absolute Gasteiger partial charge is 0.334 e. The zero-order chi connectivity index (χ0) is 16.6. The molecule has 3 rings (SSSR count). The van der Waals surface area contributed by atoms with Gasteiger partial charge in [-0.25, -0.2) is 0 Å². The molecule has 1 heterocycles. The van der Waals surface area contributed by atoms with Crippen LogP contribution >= 0.6 is 0 Å². The lowest BCUT2D eigenvalue weighted by Crippen LogP contribution is -2.15. The van der Waals surface area contributed by atoms with Gasteiger partial charge in [-0.1, -0.05) is 48.5 Å². The molecule has 23 heavy (non-hydrogen) atoms. The number of hydrogen-bond donors (Lipinski definition) is 0. The summed E-state index contributed by atoms with van der Waals surface area (Å²) in [6.07, 6.45) is 0. The van der Waals surface area contributed by atoms with Gasteiger partial charge in [0.1, 0.15) is 0 Å². The van der Waals surface area contributed by atoms with E-state index in [-0.39, 0.29) is 17.6 Å². The summed E-state index contributed by atoms with van der Waals surface area (Å²) in [6.45, 7) is 5.37. The predicted molar refractivity (Wildman–Crippen MR) is 91.9 cm³/mol. The van der Waals surface area contributed by atoms with E-state index in [1.807, 2.05) is 73.0 Å². The summed E-state index contributed by atoms with van der Waals surface area (Å²) >= 11 is 0. The Labute approximate surface area is 135 Å². The zero-order valence-corrected chi connectivity index (χ0v) is 13.5. The second-order valence-corrected chi connectivity index (χ2v) is 5.83. The normalized spacial score (nSPS) is 12.3. The summed E-state index contributed by atoms with van der Waals surface area (Å²) in [7, 11) is 0. The number of aromatic nitrogens is 1. The molecule has 0 aliphatic rings. The van der Waals surface area contributed by atoms with Gasteiger partial charge in [0.25, 0.3) is 0 Å². The molecular weight excluding hydrogens is 286 g/mol. The minimum absolute atomic E-state index is 0.00574. The minimum atomic E-state index is -0.294. The van der Waals surface area contributed by atoms with Crippen LogP contribution in [0.1, 0.15) is 41.5 Å². The molecule has 0 saturated heterocycles. The van der Waals surface area contributed by atoms with Crippen molar-refractivity contribution in [1.82, 2.24) is 4.57 Å². The summed E-state index contributed by atoms with van der Waals surface area (Å²) in [4.78, 5) is 24.9. The second-order valence-electron chi connectivity index (χ2n) is 5.83. The van der Waals surface area contributed by atoms with E-state index in [0.717, 1.165) is 16.6 Å². The van der Waals surface area contributed by atoms with Gasteiger partial charge < -0.3 is 4.57 Å². The molecule has 3 aromatic rings. The van der Waals surface area contributed by atoms with Crippen molar-refractivity contribution < 1.29 is 9.59 Å². The fourth-order valence-corrected chi connectivity index (χ4v) is 3.09. The van der Waals surface area contributed by atoms with Gasteiger partial charge >= 0.3 is 0 Å². The van der Waals surface area contributed by atoms with Crippen LogP contribution in [0.4, 0.5) is 0 Å². The van der Waals surface area contributed by atoms with Gasteiger partial charge in [0.15, 0.2) is 11.6 Å². The summed E-state index contributed by atoms with van der Waals surface area (Å²) in [5.41, 5.74) is 3.10. The van der Waals surface area contributed by atoms with Crippen molar-refractivity contribution in [3.05, 3.63) is 71.4 Å². The Morgan fingerprint density at radius 3 is 2.22 bits per heavy atom. The van der Waals surface area contributed by atoms with Gasteiger partial charge in [-0.15, -0.1) is 0 Å². The monoisotopic (exact) mass is 305 g/mol. The first kappa shape index (κ1) is 15.2. The first-order valence-electron chi connectivity index (χ1n) is 7.72. The van der Waals surface area contributed by atoms with Crippen LogP contribution in [0, 0.1) is 6.92 Å². The average molecular weight is 305 g/mol. The number of nitrogens with zero attached hydrogens (tertiary/aromatic N) is 1. The fraction of sp³-hybridized carbons (Fsp3) is 0.200. The second kappa shape index (κ2) is 5.84. The maximum Gasteiger partial charge on any atom is 0.195 e. The minimum Gasteiger partial charge on any atom is -0.334 e. The first-order valence-corrected chi connectivity index (χ1v) is 7.72. The van der Waals surface area contributed by atoms with Crippen molar-refractivity contribution in [2.75, 3.05) is 0 Å². The van der Waals surface area contributed by atoms with E-state index in [0.29, 0.717) is 11.1 Å². The highest BCUT2D eigenvalue weighted by Gasteiger charge is 2.24. The molecule has 1 unspecified atom stereocenters.